The van der Waals surface area contributed by atoms with Crippen molar-refractivity contribution in [2.45, 2.75) is 57.3 Å². The number of likely N-dealkylation sites (N-methyl/N-ethyl adjacent to an activating group) is 1. The van der Waals surface area contributed by atoms with Gasteiger partial charge in [-0.05, 0) is 42.7 Å². The second-order valence-electron chi connectivity index (χ2n) is 12.3. The van der Waals surface area contributed by atoms with Crippen LogP contribution in [0.2, 0.25) is 0 Å². The zero-order chi connectivity index (χ0) is 27.8. The lowest BCUT2D eigenvalue weighted by atomic mass is 9.92. The number of anilines is 1. The summed E-state index contributed by atoms with van der Waals surface area (Å²) in [5.74, 6) is -2.00. The van der Waals surface area contributed by atoms with Crippen LogP contribution < -0.4 is 14.5 Å². The summed E-state index contributed by atoms with van der Waals surface area (Å²) in [6.45, 7) is 7.68. The van der Waals surface area contributed by atoms with Crippen LogP contribution in [0.25, 0.3) is 10.9 Å². The highest BCUT2D eigenvalue weighted by molar-refractivity contribution is 6.05. The van der Waals surface area contributed by atoms with E-state index in [9.17, 15) is 18.8 Å². The molecule has 1 aliphatic heterocycles. The predicted octanol–water partition coefficient (Wildman–Crippen LogP) is 5.67. The number of rotatable bonds is 6. The van der Waals surface area contributed by atoms with Gasteiger partial charge in [0.1, 0.15) is 5.82 Å². The molecule has 3 aromatic rings. The number of alkyl halides is 2. The summed E-state index contributed by atoms with van der Waals surface area (Å²) in [5.41, 5.74) is 0.172. The van der Waals surface area contributed by atoms with E-state index >= 15 is 4.39 Å². The first-order chi connectivity index (χ1) is 17.5. The molecular weight excluding hydrogens is 499 g/mol. The maximum absolute atomic E-state index is 15.4. The van der Waals surface area contributed by atoms with Crippen molar-refractivity contribution in [1.82, 2.24) is 4.57 Å². The molecule has 1 aromatic heterocycles. The van der Waals surface area contributed by atoms with Crippen LogP contribution >= 0.6 is 0 Å². The number of hydrogen-bond acceptors (Lipinski definition) is 4. The Hall–Kier alpha value is -3.24. The van der Waals surface area contributed by atoms with E-state index in [0.717, 1.165) is 16.7 Å². The summed E-state index contributed by atoms with van der Waals surface area (Å²) in [7, 11) is 6.25. The maximum Gasteiger partial charge on any atom is 0.586 e. The molecule has 0 atom stereocenters. The lowest BCUT2D eigenvalue weighted by Gasteiger charge is -2.33. The summed E-state index contributed by atoms with van der Waals surface area (Å²) >= 11 is 0. The zero-order valence-corrected chi connectivity index (χ0v) is 22.4. The molecule has 10 heteroatoms. The van der Waals surface area contributed by atoms with Crippen LogP contribution in [0.5, 0.6) is 11.5 Å². The molecule has 0 bridgehead atoms. The van der Waals surface area contributed by atoms with Gasteiger partial charge in [0.15, 0.2) is 11.5 Å². The van der Waals surface area contributed by atoms with Crippen LogP contribution in [0.4, 0.5) is 18.9 Å². The number of hydroxylamine groups is 1. The fraction of sp³-hybridized carbons (Fsp3) is 0.464. The van der Waals surface area contributed by atoms with Gasteiger partial charge >= 0.3 is 6.29 Å². The number of hydrogen-bond donors (Lipinski definition) is 0. The van der Waals surface area contributed by atoms with E-state index in [1.54, 1.807) is 0 Å². The minimum atomic E-state index is -3.79. The summed E-state index contributed by atoms with van der Waals surface area (Å²) in [4.78, 5) is 13.4. The fourth-order valence-electron chi connectivity index (χ4n) is 4.99. The number of halogens is 3. The van der Waals surface area contributed by atoms with Crippen molar-refractivity contribution in [2.24, 2.45) is 0 Å². The molecule has 204 valence electrons. The molecule has 1 saturated carbocycles. The van der Waals surface area contributed by atoms with E-state index in [1.807, 2.05) is 6.07 Å². The minimum Gasteiger partial charge on any atom is -0.752 e. The minimum absolute atomic E-state index is 0.0983. The smallest absolute Gasteiger partial charge is 0.586 e. The molecule has 5 rings (SSSR count). The standard InChI is InChI=1S/C28H32F3N3O4/c1-26(2,3)24-14-17-13-21(19(29)16-20(17)32(24)11-12-34(4,5)6)33(36)25(35)27(9-10-27)18-7-8-22-23(15-18)38-28(30,31)37-22/h7-8,13-16H,9-12H2,1-6H3. The molecule has 7 nitrogen and oxygen atoms in total. The molecule has 0 N–H and O–H groups in total. The Bertz CT molecular complexity index is 1430. The molecule has 1 aliphatic carbocycles. The second kappa shape index (κ2) is 8.38. The Labute approximate surface area is 219 Å². The van der Waals surface area contributed by atoms with Gasteiger partial charge < -0.3 is 28.8 Å². The van der Waals surface area contributed by atoms with Crippen molar-refractivity contribution >= 4 is 22.5 Å². The third-order valence-electron chi connectivity index (χ3n) is 7.25. The lowest BCUT2D eigenvalue weighted by Crippen LogP contribution is -2.38. The van der Waals surface area contributed by atoms with Crippen molar-refractivity contribution < 1.29 is 31.9 Å². The van der Waals surface area contributed by atoms with Crippen LogP contribution in [-0.4, -0.2) is 48.9 Å². The SMILES string of the molecule is CC(C)(C)c1cc2cc(N([O-])C(=O)C3(c4ccc5c(c4)OC(F)(F)O5)CC3)c(F)cc2n1CC[N+](C)(C)C. The molecular formula is C28H32F3N3O4. The van der Waals surface area contributed by atoms with Gasteiger partial charge in [-0.3, -0.25) is 4.79 Å². The second-order valence-corrected chi connectivity index (χ2v) is 12.3. The summed E-state index contributed by atoms with van der Waals surface area (Å²) < 4.78 is 54.1. The van der Waals surface area contributed by atoms with Crippen molar-refractivity contribution in [3.63, 3.8) is 0 Å². The van der Waals surface area contributed by atoms with Gasteiger partial charge in [-0.2, -0.15) is 0 Å². The maximum atomic E-state index is 15.4. The number of amides is 1. The lowest BCUT2D eigenvalue weighted by molar-refractivity contribution is -0.870. The number of quaternary nitrogens is 1. The predicted molar refractivity (Wildman–Crippen MR) is 138 cm³/mol. The molecule has 0 saturated heterocycles. The Kier molecular flexibility index (Phi) is 5.81. The van der Waals surface area contributed by atoms with E-state index in [-0.39, 0.29) is 27.7 Å². The first-order valence-corrected chi connectivity index (χ1v) is 12.6. The zero-order valence-electron chi connectivity index (χ0n) is 22.4. The molecule has 2 aliphatic rings. The van der Waals surface area contributed by atoms with Gasteiger partial charge in [0, 0.05) is 22.6 Å². The quantitative estimate of drug-likeness (QED) is 0.304. The molecule has 2 heterocycles. The van der Waals surface area contributed by atoms with Gasteiger partial charge in [-0.15, -0.1) is 8.78 Å². The average Bonchev–Trinajstić information content (AvgIpc) is 3.43. The number of carbonyl (C=O) groups is 1. The molecule has 0 radical (unpaired) electrons. The van der Waals surface area contributed by atoms with E-state index in [0.29, 0.717) is 35.9 Å². The Morgan fingerprint density at radius 1 is 1.08 bits per heavy atom. The number of nitrogens with zero attached hydrogens (tertiary/aromatic N) is 3. The van der Waals surface area contributed by atoms with Gasteiger partial charge in [-0.25, -0.2) is 4.39 Å². The summed E-state index contributed by atoms with van der Waals surface area (Å²) in [6.07, 6.45) is -3.13. The van der Waals surface area contributed by atoms with Gasteiger partial charge in [0.2, 0.25) is 5.91 Å². The van der Waals surface area contributed by atoms with Crippen molar-refractivity contribution in [3.8, 4) is 11.5 Å². The number of carbonyl (C=O) groups excluding carboxylic acids is 1. The Morgan fingerprint density at radius 3 is 2.34 bits per heavy atom. The van der Waals surface area contributed by atoms with Crippen molar-refractivity contribution in [2.75, 3.05) is 32.8 Å². The van der Waals surface area contributed by atoms with Crippen LogP contribution in [0.1, 0.15) is 44.9 Å². The topological polar surface area (TPSA) is 66.8 Å². The highest BCUT2D eigenvalue weighted by Gasteiger charge is 2.53. The molecule has 2 aromatic carbocycles. The van der Waals surface area contributed by atoms with Gasteiger partial charge in [-0.1, -0.05) is 26.8 Å². The van der Waals surface area contributed by atoms with E-state index < -0.39 is 23.4 Å². The van der Waals surface area contributed by atoms with Crippen LogP contribution in [0.15, 0.2) is 36.4 Å². The highest BCUT2D eigenvalue weighted by atomic mass is 19.3. The normalized spacial score (nSPS) is 17.6. The Morgan fingerprint density at radius 2 is 1.74 bits per heavy atom. The van der Waals surface area contributed by atoms with Crippen LogP contribution in [0.3, 0.4) is 0 Å². The third kappa shape index (κ3) is 4.60. The molecule has 1 amide bonds. The summed E-state index contributed by atoms with van der Waals surface area (Å²) in [6, 6.07) is 8.72. The molecule has 1 fully saturated rings. The van der Waals surface area contributed by atoms with E-state index in [2.05, 4.69) is 56.0 Å². The van der Waals surface area contributed by atoms with Crippen molar-refractivity contribution in [1.29, 1.82) is 0 Å². The number of aromatic nitrogens is 1. The van der Waals surface area contributed by atoms with Crippen LogP contribution in [0, 0.1) is 11.0 Å². The number of fused-ring (bicyclic) bond motifs is 2. The molecule has 0 unspecified atom stereocenters. The number of ether oxygens (including phenoxy) is 2. The summed E-state index contributed by atoms with van der Waals surface area (Å²) in [5, 5.41) is 14.1. The van der Waals surface area contributed by atoms with E-state index in [1.165, 1.54) is 30.3 Å². The molecule has 38 heavy (non-hydrogen) atoms. The van der Waals surface area contributed by atoms with Crippen molar-refractivity contribution in [3.05, 3.63) is 58.7 Å². The average molecular weight is 532 g/mol. The molecule has 0 spiro atoms. The fourth-order valence-corrected chi connectivity index (χ4v) is 4.99. The third-order valence-corrected chi connectivity index (χ3v) is 7.25. The van der Waals surface area contributed by atoms with Crippen LogP contribution in [-0.2, 0) is 22.2 Å². The van der Waals surface area contributed by atoms with Gasteiger partial charge in [0.05, 0.1) is 50.9 Å². The van der Waals surface area contributed by atoms with E-state index in [4.69, 9.17) is 0 Å². The Balaban J connectivity index is 1.49. The first kappa shape index (κ1) is 26.4. The largest absolute Gasteiger partial charge is 0.752 e. The highest BCUT2D eigenvalue weighted by Crippen LogP contribution is 2.53. The monoisotopic (exact) mass is 531 g/mol. The first-order valence-electron chi connectivity index (χ1n) is 12.6. The number of benzene rings is 2. The van der Waals surface area contributed by atoms with Gasteiger partial charge in [0.25, 0.3) is 0 Å².